The number of likely N-dealkylation sites (tertiary alicyclic amines) is 1. The van der Waals surface area contributed by atoms with Gasteiger partial charge < -0.3 is 9.64 Å². The molecule has 0 saturated carbocycles. The third-order valence-electron chi connectivity index (χ3n) is 5.88. The maximum absolute atomic E-state index is 10.6. The average Bonchev–Trinajstić information content (AvgIpc) is 2.58. The van der Waals surface area contributed by atoms with Crippen LogP contribution in [-0.2, 0) is 16.1 Å². The maximum atomic E-state index is 10.6. The highest BCUT2D eigenvalue weighted by molar-refractivity contribution is 6.39. The Kier molecular flexibility index (Phi) is 5.73. The number of aryl methyl sites for hydroxylation is 1. The number of hydrogen-bond donors (Lipinski definition) is 0. The van der Waals surface area contributed by atoms with Crippen molar-refractivity contribution in [3.05, 3.63) is 62.1 Å². The van der Waals surface area contributed by atoms with E-state index in [1.165, 1.54) is 11.1 Å². The Morgan fingerprint density at radius 1 is 1.14 bits per heavy atom. The molecule has 154 valence electrons. The minimum absolute atomic E-state index is 0.378. The van der Waals surface area contributed by atoms with E-state index < -0.39 is 0 Å². The molecule has 2 fully saturated rings. The average molecular weight is 454 g/mol. The molecule has 0 spiro atoms. The third kappa shape index (κ3) is 4.09. The number of para-hydroxylation sites is 1. The predicted octanol–water partition coefficient (Wildman–Crippen LogP) is 5.31. The standard InChI is InChI=1S/C22H23Cl3N2O2/c1-14-6-15(16-8-27(9-16)21-18(23)4-3-5-19(21)24)7-20(25)17(14)10-26-11-22(2,12-26)29-13-28/h3-7,13,16H,8-12H2,1-2H3. The zero-order valence-corrected chi connectivity index (χ0v) is 18.7. The Morgan fingerprint density at radius 3 is 2.38 bits per heavy atom. The van der Waals surface area contributed by atoms with E-state index in [1.807, 2.05) is 25.1 Å². The lowest BCUT2D eigenvalue weighted by Gasteiger charge is -2.46. The summed E-state index contributed by atoms with van der Waals surface area (Å²) in [5, 5.41) is 2.15. The summed E-state index contributed by atoms with van der Waals surface area (Å²) in [5.74, 6) is 0.404. The molecule has 4 rings (SSSR count). The molecule has 0 aliphatic carbocycles. The van der Waals surface area contributed by atoms with Crippen molar-refractivity contribution < 1.29 is 9.53 Å². The van der Waals surface area contributed by atoms with Crippen LogP contribution in [0.15, 0.2) is 30.3 Å². The van der Waals surface area contributed by atoms with Crippen LogP contribution in [0.3, 0.4) is 0 Å². The van der Waals surface area contributed by atoms with Gasteiger partial charge in [0.05, 0.1) is 15.7 Å². The Hall–Kier alpha value is -1.46. The summed E-state index contributed by atoms with van der Waals surface area (Å²) < 4.78 is 5.15. The number of hydrogen-bond acceptors (Lipinski definition) is 4. The molecule has 2 aromatic rings. The van der Waals surface area contributed by atoms with Crippen molar-refractivity contribution >= 4 is 47.0 Å². The summed E-state index contributed by atoms with van der Waals surface area (Å²) in [6, 6.07) is 9.91. The molecule has 2 aliphatic rings. The van der Waals surface area contributed by atoms with Gasteiger partial charge in [-0.05, 0) is 48.7 Å². The minimum atomic E-state index is -0.378. The van der Waals surface area contributed by atoms with E-state index in [0.29, 0.717) is 22.4 Å². The van der Waals surface area contributed by atoms with Crippen LogP contribution in [0.25, 0.3) is 0 Å². The van der Waals surface area contributed by atoms with E-state index in [1.54, 1.807) is 0 Å². The van der Waals surface area contributed by atoms with Gasteiger partial charge in [-0.2, -0.15) is 0 Å². The summed E-state index contributed by atoms with van der Waals surface area (Å²) in [4.78, 5) is 15.0. The van der Waals surface area contributed by atoms with Gasteiger partial charge in [0.2, 0.25) is 0 Å². The number of benzene rings is 2. The van der Waals surface area contributed by atoms with Crippen LogP contribution >= 0.6 is 34.8 Å². The number of nitrogens with zero attached hydrogens (tertiary/aromatic N) is 2. The second kappa shape index (κ2) is 7.99. The summed E-state index contributed by atoms with van der Waals surface area (Å²) in [6.45, 7) is 8.52. The second-order valence-electron chi connectivity index (χ2n) is 8.28. The van der Waals surface area contributed by atoms with E-state index >= 15 is 0 Å². The van der Waals surface area contributed by atoms with E-state index in [4.69, 9.17) is 39.5 Å². The summed E-state index contributed by atoms with van der Waals surface area (Å²) in [7, 11) is 0. The molecule has 2 aromatic carbocycles. The molecule has 0 amide bonds. The van der Waals surface area contributed by atoms with Crippen LogP contribution in [-0.4, -0.2) is 43.2 Å². The number of anilines is 1. The van der Waals surface area contributed by atoms with Crippen LogP contribution in [0.5, 0.6) is 0 Å². The normalized spacial score (nSPS) is 18.9. The van der Waals surface area contributed by atoms with E-state index in [-0.39, 0.29) is 5.60 Å². The monoisotopic (exact) mass is 452 g/mol. The number of carbonyl (C=O) groups is 1. The van der Waals surface area contributed by atoms with Gasteiger partial charge in [0.25, 0.3) is 6.47 Å². The van der Waals surface area contributed by atoms with Gasteiger partial charge in [0.1, 0.15) is 5.60 Å². The largest absolute Gasteiger partial charge is 0.459 e. The summed E-state index contributed by atoms with van der Waals surface area (Å²) in [6.07, 6.45) is 0. The van der Waals surface area contributed by atoms with Crippen molar-refractivity contribution in [3.63, 3.8) is 0 Å². The first-order valence-corrected chi connectivity index (χ1v) is 10.7. The smallest absolute Gasteiger partial charge is 0.293 e. The molecule has 0 aromatic heterocycles. The van der Waals surface area contributed by atoms with E-state index in [9.17, 15) is 4.79 Å². The highest BCUT2D eigenvalue weighted by atomic mass is 35.5. The molecule has 4 nitrogen and oxygen atoms in total. The molecule has 0 unspecified atom stereocenters. The molecule has 7 heteroatoms. The Balaban J connectivity index is 1.42. The van der Waals surface area contributed by atoms with Crippen molar-refractivity contribution in [3.8, 4) is 0 Å². The van der Waals surface area contributed by atoms with Crippen LogP contribution in [0.1, 0.15) is 29.5 Å². The van der Waals surface area contributed by atoms with Crippen molar-refractivity contribution in [2.75, 3.05) is 31.1 Å². The van der Waals surface area contributed by atoms with Crippen LogP contribution in [0.2, 0.25) is 15.1 Å². The number of halogens is 3. The summed E-state index contributed by atoms with van der Waals surface area (Å²) in [5.41, 5.74) is 4.09. The molecule has 0 atom stereocenters. The summed E-state index contributed by atoms with van der Waals surface area (Å²) >= 11 is 19.3. The molecular formula is C22H23Cl3N2O2. The zero-order chi connectivity index (χ0) is 20.8. The fourth-order valence-corrected chi connectivity index (χ4v) is 5.30. The van der Waals surface area contributed by atoms with E-state index in [0.717, 1.165) is 49.0 Å². The lowest BCUT2D eigenvalue weighted by Crippen LogP contribution is -2.60. The lowest BCUT2D eigenvalue weighted by molar-refractivity contribution is -0.161. The van der Waals surface area contributed by atoms with Gasteiger partial charge in [-0.15, -0.1) is 0 Å². The van der Waals surface area contributed by atoms with Crippen molar-refractivity contribution in [1.29, 1.82) is 0 Å². The second-order valence-corrected chi connectivity index (χ2v) is 9.50. The molecule has 29 heavy (non-hydrogen) atoms. The van der Waals surface area contributed by atoms with Crippen LogP contribution in [0, 0.1) is 6.92 Å². The highest BCUT2D eigenvalue weighted by Gasteiger charge is 2.41. The first-order valence-electron chi connectivity index (χ1n) is 9.61. The fourth-order valence-electron chi connectivity index (χ4n) is 4.33. The van der Waals surface area contributed by atoms with Gasteiger partial charge in [0, 0.05) is 43.7 Å². The molecule has 0 radical (unpaired) electrons. The maximum Gasteiger partial charge on any atom is 0.293 e. The van der Waals surface area contributed by atoms with Crippen LogP contribution in [0.4, 0.5) is 5.69 Å². The molecular weight excluding hydrogens is 431 g/mol. The fraction of sp³-hybridized carbons (Fsp3) is 0.409. The Bertz CT molecular complexity index is 894. The first-order chi connectivity index (χ1) is 13.8. The first kappa shape index (κ1) is 20.8. The SMILES string of the molecule is Cc1cc(C2CN(c3c(Cl)cccc3Cl)C2)cc(Cl)c1CN1CC(C)(OC=O)C1. The van der Waals surface area contributed by atoms with Crippen molar-refractivity contribution in [2.24, 2.45) is 0 Å². The number of rotatable bonds is 6. The predicted molar refractivity (Wildman–Crippen MR) is 118 cm³/mol. The zero-order valence-electron chi connectivity index (χ0n) is 16.4. The van der Waals surface area contributed by atoms with E-state index in [2.05, 4.69) is 28.9 Å². The van der Waals surface area contributed by atoms with Gasteiger partial charge in [-0.3, -0.25) is 9.69 Å². The Morgan fingerprint density at radius 2 is 1.79 bits per heavy atom. The molecule has 2 heterocycles. The number of ether oxygens (including phenoxy) is 1. The van der Waals surface area contributed by atoms with Gasteiger partial charge in [-0.25, -0.2) is 0 Å². The number of carbonyl (C=O) groups excluding carboxylic acids is 1. The van der Waals surface area contributed by atoms with Gasteiger partial charge in [0.15, 0.2) is 0 Å². The van der Waals surface area contributed by atoms with Gasteiger partial charge >= 0.3 is 0 Å². The lowest BCUT2D eigenvalue weighted by atomic mass is 9.88. The molecule has 0 N–H and O–H groups in total. The van der Waals surface area contributed by atoms with Crippen molar-refractivity contribution in [2.45, 2.75) is 31.9 Å². The topological polar surface area (TPSA) is 32.8 Å². The Labute approximate surface area is 186 Å². The highest BCUT2D eigenvalue weighted by Crippen LogP contribution is 2.41. The minimum Gasteiger partial charge on any atom is -0.459 e. The van der Waals surface area contributed by atoms with Crippen molar-refractivity contribution in [1.82, 2.24) is 4.90 Å². The quantitative estimate of drug-likeness (QED) is 0.555. The molecule has 2 saturated heterocycles. The third-order valence-corrected chi connectivity index (χ3v) is 6.83. The molecule has 0 bridgehead atoms. The van der Waals surface area contributed by atoms with Gasteiger partial charge in [-0.1, -0.05) is 46.9 Å². The molecule has 2 aliphatic heterocycles. The van der Waals surface area contributed by atoms with Crippen LogP contribution < -0.4 is 4.90 Å².